The van der Waals surface area contributed by atoms with Crippen molar-refractivity contribution in [1.82, 2.24) is 15.0 Å². The Bertz CT molecular complexity index is 1290. The van der Waals surface area contributed by atoms with Crippen molar-refractivity contribution < 1.29 is 14.4 Å². The highest BCUT2D eigenvalue weighted by atomic mass is 16.5. The van der Waals surface area contributed by atoms with E-state index in [9.17, 15) is 10.4 Å². The van der Waals surface area contributed by atoms with E-state index >= 15 is 0 Å². The first-order chi connectivity index (χ1) is 16.8. The molecule has 2 aromatic carbocycles. The number of hydrogen-bond donors (Lipinski definition) is 1. The Morgan fingerprint density at radius 3 is 2.83 bits per heavy atom. The van der Waals surface area contributed by atoms with Gasteiger partial charge in [0.15, 0.2) is 0 Å². The fourth-order valence-electron chi connectivity index (χ4n) is 5.53. The van der Waals surface area contributed by atoms with E-state index in [2.05, 4.69) is 48.2 Å². The Kier molecular flexibility index (Phi) is 5.90. The summed E-state index contributed by atoms with van der Waals surface area (Å²) in [6.07, 6.45) is 3.13. The lowest BCUT2D eigenvalue weighted by atomic mass is 9.80. The SMILES string of the molecule is CC(C)Oc1ccc(-c2nc(-c3cccc4c3CC[C@@]43CCN(C(C)(C)CO)C3)no2)cc1C#N. The van der Waals surface area contributed by atoms with Gasteiger partial charge in [-0.05, 0) is 82.8 Å². The Morgan fingerprint density at radius 2 is 2.09 bits per heavy atom. The maximum absolute atomic E-state index is 9.86. The van der Waals surface area contributed by atoms with E-state index in [1.54, 1.807) is 12.1 Å². The number of rotatable bonds is 6. The van der Waals surface area contributed by atoms with Gasteiger partial charge in [-0.3, -0.25) is 4.90 Å². The van der Waals surface area contributed by atoms with Crippen molar-refractivity contribution in [3.05, 3.63) is 53.1 Å². The molecule has 5 rings (SSSR count). The topological polar surface area (TPSA) is 95.4 Å². The summed E-state index contributed by atoms with van der Waals surface area (Å²) in [7, 11) is 0. The Balaban J connectivity index is 1.45. The highest BCUT2D eigenvalue weighted by molar-refractivity contribution is 5.68. The highest BCUT2D eigenvalue weighted by Gasteiger charge is 2.47. The lowest BCUT2D eigenvalue weighted by Gasteiger charge is -2.35. The lowest BCUT2D eigenvalue weighted by Crippen LogP contribution is -2.46. The molecule has 7 nitrogen and oxygen atoms in total. The third-order valence-corrected chi connectivity index (χ3v) is 7.57. The second-order valence-corrected chi connectivity index (χ2v) is 10.7. The molecule has 182 valence electrons. The van der Waals surface area contributed by atoms with Gasteiger partial charge in [-0.2, -0.15) is 10.2 Å². The van der Waals surface area contributed by atoms with Crippen molar-refractivity contribution in [3.8, 4) is 34.7 Å². The van der Waals surface area contributed by atoms with E-state index in [-0.39, 0.29) is 23.7 Å². The summed E-state index contributed by atoms with van der Waals surface area (Å²) in [5.74, 6) is 1.50. The van der Waals surface area contributed by atoms with Gasteiger partial charge in [0.25, 0.3) is 5.89 Å². The molecular formula is C28H32N4O3. The number of nitriles is 1. The summed E-state index contributed by atoms with van der Waals surface area (Å²) < 4.78 is 11.4. The van der Waals surface area contributed by atoms with Crippen LogP contribution in [0.2, 0.25) is 0 Å². The smallest absolute Gasteiger partial charge is 0.258 e. The summed E-state index contributed by atoms with van der Waals surface area (Å²) in [6.45, 7) is 10.2. The van der Waals surface area contributed by atoms with E-state index in [4.69, 9.17) is 14.2 Å². The number of ether oxygens (including phenoxy) is 1. The van der Waals surface area contributed by atoms with Crippen LogP contribution in [0.25, 0.3) is 22.8 Å². The molecule has 1 aliphatic heterocycles. The highest BCUT2D eigenvalue weighted by Crippen LogP contribution is 2.49. The molecule has 7 heteroatoms. The van der Waals surface area contributed by atoms with Crippen LogP contribution in [0.4, 0.5) is 0 Å². The minimum Gasteiger partial charge on any atom is -0.490 e. The molecule has 35 heavy (non-hydrogen) atoms. The molecule has 1 saturated heterocycles. The summed E-state index contributed by atoms with van der Waals surface area (Å²) in [4.78, 5) is 7.12. The molecule has 0 amide bonds. The first kappa shape index (κ1) is 23.5. The Labute approximate surface area is 206 Å². The van der Waals surface area contributed by atoms with Crippen LogP contribution < -0.4 is 4.74 Å². The minimum atomic E-state index is -0.218. The molecule has 1 aliphatic carbocycles. The molecule has 0 saturated carbocycles. The summed E-state index contributed by atoms with van der Waals surface area (Å²) >= 11 is 0. The number of aliphatic hydroxyl groups is 1. The maximum atomic E-state index is 9.86. The van der Waals surface area contributed by atoms with Gasteiger partial charge in [0.2, 0.25) is 5.82 Å². The van der Waals surface area contributed by atoms with Crippen LogP contribution in [0.5, 0.6) is 5.75 Å². The van der Waals surface area contributed by atoms with Crippen LogP contribution in [-0.2, 0) is 11.8 Å². The number of nitrogens with zero attached hydrogens (tertiary/aromatic N) is 4. The number of benzene rings is 2. The third kappa shape index (κ3) is 4.11. The van der Waals surface area contributed by atoms with Gasteiger partial charge in [0.05, 0.1) is 18.3 Å². The van der Waals surface area contributed by atoms with E-state index < -0.39 is 0 Å². The van der Waals surface area contributed by atoms with E-state index in [0.29, 0.717) is 28.6 Å². The van der Waals surface area contributed by atoms with Gasteiger partial charge in [0.1, 0.15) is 11.8 Å². The van der Waals surface area contributed by atoms with Crippen molar-refractivity contribution in [1.29, 1.82) is 5.26 Å². The second kappa shape index (κ2) is 8.78. The average molecular weight is 473 g/mol. The zero-order chi connectivity index (χ0) is 24.8. The molecular weight excluding hydrogens is 440 g/mol. The molecule has 1 spiro atoms. The van der Waals surface area contributed by atoms with Gasteiger partial charge in [0, 0.05) is 28.6 Å². The second-order valence-electron chi connectivity index (χ2n) is 10.7. The zero-order valence-corrected chi connectivity index (χ0v) is 20.8. The molecule has 3 aromatic rings. The first-order valence-corrected chi connectivity index (χ1v) is 12.3. The van der Waals surface area contributed by atoms with Crippen LogP contribution in [0, 0.1) is 11.3 Å². The third-order valence-electron chi connectivity index (χ3n) is 7.57. The average Bonchev–Trinajstić information content (AvgIpc) is 3.59. The molecule has 0 radical (unpaired) electrons. The number of fused-ring (bicyclic) bond motifs is 2. The minimum absolute atomic E-state index is 0.0203. The van der Waals surface area contributed by atoms with E-state index in [0.717, 1.165) is 37.9 Å². The number of likely N-dealkylation sites (tertiary alicyclic amines) is 1. The quantitative estimate of drug-likeness (QED) is 0.554. The van der Waals surface area contributed by atoms with Crippen LogP contribution in [0.1, 0.15) is 57.2 Å². The fourth-order valence-corrected chi connectivity index (χ4v) is 5.53. The molecule has 1 atom stereocenters. The maximum Gasteiger partial charge on any atom is 0.258 e. The Hall–Kier alpha value is -3.21. The van der Waals surface area contributed by atoms with Gasteiger partial charge in [-0.15, -0.1) is 0 Å². The van der Waals surface area contributed by atoms with Gasteiger partial charge >= 0.3 is 0 Å². The van der Waals surface area contributed by atoms with Crippen molar-refractivity contribution in [2.75, 3.05) is 19.7 Å². The first-order valence-electron chi connectivity index (χ1n) is 12.3. The standard InChI is InChI=1S/C28H32N4O3/c1-18(2)34-24-9-8-19(14-20(24)15-29)26-30-25(31-35-26)22-6-5-7-23-21(22)10-11-28(23)12-13-32(16-28)27(3,4)17-33/h5-9,14,18,33H,10-13,16-17H2,1-4H3/t28-/m0/s1. The lowest BCUT2D eigenvalue weighted by molar-refractivity contribution is 0.0723. The largest absolute Gasteiger partial charge is 0.490 e. The van der Waals surface area contributed by atoms with Crippen LogP contribution in [0.3, 0.4) is 0 Å². The van der Waals surface area contributed by atoms with E-state index in [1.165, 1.54) is 11.1 Å². The zero-order valence-electron chi connectivity index (χ0n) is 20.8. The molecule has 0 bridgehead atoms. The van der Waals surface area contributed by atoms with Crippen molar-refractivity contribution in [3.63, 3.8) is 0 Å². The van der Waals surface area contributed by atoms with Crippen LogP contribution in [-0.4, -0.2) is 51.5 Å². The Morgan fingerprint density at radius 1 is 1.26 bits per heavy atom. The number of hydrogen-bond acceptors (Lipinski definition) is 7. The van der Waals surface area contributed by atoms with Crippen LogP contribution >= 0.6 is 0 Å². The summed E-state index contributed by atoms with van der Waals surface area (Å²) in [5, 5.41) is 23.7. The molecule has 2 aliphatic rings. The van der Waals surface area contributed by atoms with Gasteiger partial charge in [-0.1, -0.05) is 23.4 Å². The fraction of sp³-hybridized carbons (Fsp3) is 0.464. The summed E-state index contributed by atoms with van der Waals surface area (Å²) in [6, 6.07) is 13.9. The molecule has 1 fully saturated rings. The number of aliphatic hydroxyl groups excluding tert-OH is 1. The predicted molar refractivity (Wildman–Crippen MR) is 133 cm³/mol. The summed E-state index contributed by atoms with van der Waals surface area (Å²) in [5.41, 5.74) is 4.70. The monoisotopic (exact) mass is 472 g/mol. The van der Waals surface area contributed by atoms with Crippen molar-refractivity contribution in [2.45, 2.75) is 64.0 Å². The predicted octanol–water partition coefficient (Wildman–Crippen LogP) is 4.72. The van der Waals surface area contributed by atoms with Gasteiger partial charge < -0.3 is 14.4 Å². The molecule has 0 unspecified atom stereocenters. The molecule has 1 N–H and O–H groups in total. The normalized spacial score (nSPS) is 19.9. The van der Waals surface area contributed by atoms with E-state index in [1.807, 2.05) is 19.9 Å². The van der Waals surface area contributed by atoms with Crippen molar-refractivity contribution in [2.24, 2.45) is 0 Å². The molecule has 2 heterocycles. The molecule has 1 aromatic heterocycles. The number of aromatic nitrogens is 2. The van der Waals surface area contributed by atoms with Gasteiger partial charge in [-0.25, -0.2) is 0 Å². The van der Waals surface area contributed by atoms with Crippen LogP contribution in [0.15, 0.2) is 40.9 Å². The van der Waals surface area contributed by atoms with Crippen molar-refractivity contribution >= 4 is 0 Å².